The number of nitrogens with zero attached hydrogens (tertiary/aromatic N) is 4. The molecule has 0 aromatic carbocycles. The second-order valence-corrected chi connectivity index (χ2v) is 7.59. The molecule has 3 heterocycles. The predicted molar refractivity (Wildman–Crippen MR) is 98.0 cm³/mol. The van der Waals surface area contributed by atoms with E-state index >= 15 is 0 Å². The summed E-state index contributed by atoms with van der Waals surface area (Å²) in [5.74, 6) is 0.396. The van der Waals surface area contributed by atoms with Gasteiger partial charge in [0.2, 0.25) is 0 Å². The molecule has 8 heteroatoms. The van der Waals surface area contributed by atoms with E-state index in [9.17, 15) is 9.90 Å². The third-order valence-corrected chi connectivity index (χ3v) is 5.75. The van der Waals surface area contributed by atoms with E-state index in [0.717, 1.165) is 30.7 Å². The quantitative estimate of drug-likeness (QED) is 0.756. The minimum atomic E-state index is -0.986. The predicted octanol–water partition coefficient (Wildman–Crippen LogP) is 1.73. The lowest BCUT2D eigenvalue weighted by Crippen LogP contribution is -2.31. The number of hydrogen-bond acceptors (Lipinski definition) is 5. The number of aliphatic hydroxyl groups excluding tert-OH is 2. The van der Waals surface area contributed by atoms with Crippen molar-refractivity contribution in [3.8, 4) is 0 Å². The summed E-state index contributed by atoms with van der Waals surface area (Å²) in [6, 6.07) is 1.78. The SMILES string of the molecule is O=C(c1cn[nH]c1C1CCCCC1)N1CCCn2nc([C@@H](O)CO)cc2C1. The highest BCUT2D eigenvalue weighted by Crippen LogP contribution is 2.33. The molecular weight excluding hydrogens is 346 g/mol. The lowest BCUT2D eigenvalue weighted by atomic mass is 9.85. The van der Waals surface area contributed by atoms with Gasteiger partial charge in [0, 0.05) is 19.0 Å². The van der Waals surface area contributed by atoms with Crippen molar-refractivity contribution in [2.24, 2.45) is 0 Å². The number of nitrogens with one attached hydrogen (secondary N) is 1. The number of rotatable bonds is 4. The lowest BCUT2D eigenvalue weighted by molar-refractivity contribution is 0.0743. The smallest absolute Gasteiger partial charge is 0.257 e. The summed E-state index contributed by atoms with van der Waals surface area (Å²) >= 11 is 0. The van der Waals surface area contributed by atoms with Crippen LogP contribution >= 0.6 is 0 Å². The normalized spacial score (nSPS) is 19.6. The Morgan fingerprint density at radius 1 is 1.26 bits per heavy atom. The molecule has 1 aliphatic heterocycles. The van der Waals surface area contributed by atoms with Gasteiger partial charge in [-0.3, -0.25) is 14.6 Å². The maximum atomic E-state index is 13.2. The van der Waals surface area contributed by atoms with E-state index in [0.29, 0.717) is 36.8 Å². The van der Waals surface area contributed by atoms with E-state index < -0.39 is 6.10 Å². The molecule has 1 aliphatic carbocycles. The number of hydrogen-bond donors (Lipinski definition) is 3. The molecule has 0 saturated heterocycles. The second kappa shape index (κ2) is 7.82. The summed E-state index contributed by atoms with van der Waals surface area (Å²) in [7, 11) is 0. The van der Waals surface area contributed by atoms with Gasteiger partial charge in [0.25, 0.3) is 5.91 Å². The number of carbonyl (C=O) groups excluding carboxylic acids is 1. The van der Waals surface area contributed by atoms with E-state index in [2.05, 4.69) is 15.3 Å². The number of aryl methyl sites for hydroxylation is 1. The Bertz CT molecular complexity index is 793. The van der Waals surface area contributed by atoms with Gasteiger partial charge in [-0.25, -0.2) is 0 Å². The number of aromatic nitrogens is 4. The average Bonchev–Trinajstić information content (AvgIpc) is 3.30. The highest BCUT2D eigenvalue weighted by Gasteiger charge is 2.28. The number of fused-ring (bicyclic) bond motifs is 1. The summed E-state index contributed by atoms with van der Waals surface area (Å²) in [6.45, 7) is 1.44. The Kier molecular flexibility index (Phi) is 5.27. The first-order valence-electron chi connectivity index (χ1n) is 9.85. The van der Waals surface area contributed by atoms with E-state index in [1.807, 2.05) is 9.58 Å². The fourth-order valence-corrected chi connectivity index (χ4v) is 4.25. The van der Waals surface area contributed by atoms with Gasteiger partial charge in [0.1, 0.15) is 6.10 Å². The minimum absolute atomic E-state index is 0.00299. The Hall–Kier alpha value is -2.19. The number of aliphatic hydroxyl groups is 2. The zero-order valence-corrected chi connectivity index (χ0v) is 15.5. The van der Waals surface area contributed by atoms with Gasteiger partial charge >= 0.3 is 0 Å². The zero-order valence-electron chi connectivity index (χ0n) is 15.5. The molecule has 2 aromatic rings. The Morgan fingerprint density at radius 3 is 2.85 bits per heavy atom. The van der Waals surface area contributed by atoms with Crippen molar-refractivity contribution < 1.29 is 15.0 Å². The molecule has 1 amide bonds. The van der Waals surface area contributed by atoms with Crippen molar-refractivity contribution in [1.82, 2.24) is 24.9 Å². The third-order valence-electron chi connectivity index (χ3n) is 5.75. The molecule has 1 atom stereocenters. The maximum absolute atomic E-state index is 13.2. The van der Waals surface area contributed by atoms with Crippen LogP contribution < -0.4 is 0 Å². The molecule has 0 bridgehead atoms. The molecule has 1 fully saturated rings. The van der Waals surface area contributed by atoms with Crippen LogP contribution in [0.2, 0.25) is 0 Å². The monoisotopic (exact) mass is 373 g/mol. The molecule has 0 spiro atoms. The average molecular weight is 373 g/mol. The molecule has 3 N–H and O–H groups in total. The van der Waals surface area contributed by atoms with E-state index in [1.54, 1.807) is 12.3 Å². The molecule has 146 valence electrons. The van der Waals surface area contributed by atoms with Crippen molar-refractivity contribution in [3.63, 3.8) is 0 Å². The van der Waals surface area contributed by atoms with Crippen LogP contribution in [0.5, 0.6) is 0 Å². The number of carbonyl (C=O) groups is 1. The van der Waals surface area contributed by atoms with Crippen molar-refractivity contribution in [3.05, 3.63) is 34.9 Å². The van der Waals surface area contributed by atoms with Crippen LogP contribution in [0.15, 0.2) is 12.3 Å². The Morgan fingerprint density at radius 2 is 2.07 bits per heavy atom. The third kappa shape index (κ3) is 3.64. The maximum Gasteiger partial charge on any atom is 0.257 e. The van der Waals surface area contributed by atoms with Crippen molar-refractivity contribution in [2.45, 2.75) is 63.6 Å². The summed E-state index contributed by atoms with van der Waals surface area (Å²) in [5, 5.41) is 30.6. The first-order valence-corrected chi connectivity index (χ1v) is 9.85. The summed E-state index contributed by atoms with van der Waals surface area (Å²) < 4.78 is 1.83. The van der Waals surface area contributed by atoms with E-state index in [1.165, 1.54) is 19.3 Å². The van der Waals surface area contributed by atoms with Gasteiger partial charge < -0.3 is 15.1 Å². The van der Waals surface area contributed by atoms with E-state index in [-0.39, 0.29) is 12.5 Å². The Balaban J connectivity index is 1.54. The van der Waals surface area contributed by atoms with Crippen LogP contribution in [0.25, 0.3) is 0 Å². The summed E-state index contributed by atoms with van der Waals surface area (Å²) in [6.07, 6.45) is 7.37. The van der Waals surface area contributed by atoms with Crippen LogP contribution in [0.1, 0.15) is 78.0 Å². The molecule has 2 aromatic heterocycles. The molecule has 0 unspecified atom stereocenters. The number of aromatic amines is 1. The molecule has 1 saturated carbocycles. The first-order chi connectivity index (χ1) is 13.2. The van der Waals surface area contributed by atoms with Gasteiger partial charge in [-0.2, -0.15) is 10.2 Å². The second-order valence-electron chi connectivity index (χ2n) is 7.59. The van der Waals surface area contributed by atoms with Gasteiger partial charge in [0.05, 0.1) is 42.0 Å². The standard InChI is InChI=1S/C19H27N5O3/c25-12-17(26)16-9-14-11-23(7-4-8-24(14)22-16)19(27)15-10-20-21-18(15)13-5-2-1-3-6-13/h9-10,13,17,25-26H,1-8,11-12H2,(H,20,21)/t17-/m0/s1. The van der Waals surface area contributed by atoms with Gasteiger partial charge in [0.15, 0.2) is 0 Å². The summed E-state index contributed by atoms with van der Waals surface area (Å²) in [5.41, 5.74) is 3.00. The fraction of sp³-hybridized carbons (Fsp3) is 0.632. The van der Waals surface area contributed by atoms with E-state index in [4.69, 9.17) is 5.11 Å². The van der Waals surface area contributed by atoms with Crippen LogP contribution in [-0.2, 0) is 13.1 Å². The molecule has 8 nitrogen and oxygen atoms in total. The van der Waals surface area contributed by atoms with Gasteiger partial charge in [-0.05, 0) is 25.3 Å². The van der Waals surface area contributed by atoms with Crippen LogP contribution in [0, 0.1) is 0 Å². The van der Waals surface area contributed by atoms with Gasteiger partial charge in [-0.1, -0.05) is 19.3 Å². The Labute approximate surface area is 158 Å². The fourth-order valence-electron chi connectivity index (χ4n) is 4.25. The lowest BCUT2D eigenvalue weighted by Gasteiger charge is -2.24. The largest absolute Gasteiger partial charge is 0.393 e. The zero-order chi connectivity index (χ0) is 18.8. The minimum Gasteiger partial charge on any atom is -0.393 e. The van der Waals surface area contributed by atoms with Crippen molar-refractivity contribution >= 4 is 5.91 Å². The van der Waals surface area contributed by atoms with Crippen LogP contribution in [0.4, 0.5) is 0 Å². The highest BCUT2D eigenvalue weighted by atomic mass is 16.3. The van der Waals surface area contributed by atoms with Crippen LogP contribution in [-0.4, -0.2) is 54.1 Å². The molecule has 2 aliphatic rings. The van der Waals surface area contributed by atoms with Crippen LogP contribution in [0.3, 0.4) is 0 Å². The van der Waals surface area contributed by atoms with Crippen molar-refractivity contribution in [1.29, 1.82) is 0 Å². The van der Waals surface area contributed by atoms with Gasteiger partial charge in [-0.15, -0.1) is 0 Å². The molecular formula is C19H27N5O3. The molecule has 4 rings (SSSR count). The molecule has 27 heavy (non-hydrogen) atoms. The number of amides is 1. The number of H-pyrrole nitrogens is 1. The van der Waals surface area contributed by atoms with Crippen molar-refractivity contribution in [2.75, 3.05) is 13.2 Å². The molecule has 0 radical (unpaired) electrons. The highest BCUT2D eigenvalue weighted by molar-refractivity contribution is 5.95. The summed E-state index contributed by atoms with van der Waals surface area (Å²) in [4.78, 5) is 15.1. The topological polar surface area (TPSA) is 107 Å². The first kappa shape index (κ1) is 18.2.